The van der Waals surface area contributed by atoms with E-state index >= 15 is 0 Å². The molecule has 110 valence electrons. The number of carbonyl (C=O) groups is 1. The van der Waals surface area contributed by atoms with E-state index in [2.05, 4.69) is 22.4 Å². The van der Waals surface area contributed by atoms with Crippen molar-refractivity contribution in [3.05, 3.63) is 47.7 Å². The number of aromatic amines is 1. The Kier molecular flexibility index (Phi) is 5.15. The summed E-state index contributed by atoms with van der Waals surface area (Å²) in [7, 11) is 1.62. The van der Waals surface area contributed by atoms with Crippen LogP contribution in [0.25, 0.3) is 6.08 Å². The minimum Gasteiger partial charge on any atom is -0.497 e. The van der Waals surface area contributed by atoms with Gasteiger partial charge in [-0.3, -0.25) is 9.89 Å². The number of methoxy groups -OCH3 is 1. The molecule has 0 unspecified atom stereocenters. The number of aromatic nitrogens is 2. The first-order valence-electron chi connectivity index (χ1n) is 6.88. The van der Waals surface area contributed by atoms with Crippen LogP contribution in [-0.4, -0.2) is 23.2 Å². The number of ether oxygens (including phenoxy) is 1. The van der Waals surface area contributed by atoms with Crippen molar-refractivity contribution in [2.75, 3.05) is 12.4 Å². The van der Waals surface area contributed by atoms with E-state index in [9.17, 15) is 4.79 Å². The maximum Gasteiger partial charge on any atom is 0.249 e. The number of amides is 1. The summed E-state index contributed by atoms with van der Waals surface area (Å²) in [6.07, 6.45) is 5.18. The summed E-state index contributed by atoms with van der Waals surface area (Å²) in [4.78, 5) is 11.8. The van der Waals surface area contributed by atoms with Gasteiger partial charge in [-0.1, -0.05) is 25.5 Å². The van der Waals surface area contributed by atoms with E-state index in [1.54, 1.807) is 13.2 Å². The van der Waals surface area contributed by atoms with E-state index < -0.39 is 0 Å². The highest BCUT2D eigenvalue weighted by Crippen LogP contribution is 2.12. The van der Waals surface area contributed by atoms with Gasteiger partial charge in [-0.2, -0.15) is 5.10 Å². The molecular formula is C16H19N3O2. The van der Waals surface area contributed by atoms with Crippen molar-refractivity contribution in [3.8, 4) is 5.75 Å². The summed E-state index contributed by atoms with van der Waals surface area (Å²) >= 11 is 0. The monoisotopic (exact) mass is 285 g/mol. The number of benzene rings is 1. The second-order valence-electron chi connectivity index (χ2n) is 4.62. The average molecular weight is 285 g/mol. The quantitative estimate of drug-likeness (QED) is 0.802. The molecule has 0 radical (unpaired) electrons. The maximum absolute atomic E-state index is 11.8. The van der Waals surface area contributed by atoms with Crippen molar-refractivity contribution in [3.63, 3.8) is 0 Å². The molecule has 5 heteroatoms. The lowest BCUT2D eigenvalue weighted by Gasteiger charge is -1.99. The Bertz CT molecular complexity index is 615. The van der Waals surface area contributed by atoms with Crippen LogP contribution in [0.1, 0.15) is 24.6 Å². The van der Waals surface area contributed by atoms with Gasteiger partial charge in [-0.15, -0.1) is 0 Å². The summed E-state index contributed by atoms with van der Waals surface area (Å²) in [5.74, 6) is 1.12. The summed E-state index contributed by atoms with van der Waals surface area (Å²) in [6.45, 7) is 2.09. The molecule has 2 aromatic rings. The van der Waals surface area contributed by atoms with Crippen molar-refractivity contribution in [2.45, 2.75) is 19.8 Å². The van der Waals surface area contributed by atoms with E-state index in [4.69, 9.17) is 4.74 Å². The highest BCUT2D eigenvalue weighted by atomic mass is 16.5. The lowest BCUT2D eigenvalue weighted by atomic mass is 10.2. The Morgan fingerprint density at radius 3 is 2.81 bits per heavy atom. The van der Waals surface area contributed by atoms with Gasteiger partial charge >= 0.3 is 0 Å². The van der Waals surface area contributed by atoms with Gasteiger partial charge in [0, 0.05) is 17.8 Å². The number of carbonyl (C=O) groups excluding carboxylic acids is 1. The Morgan fingerprint density at radius 2 is 2.14 bits per heavy atom. The molecule has 0 aliphatic heterocycles. The smallest absolute Gasteiger partial charge is 0.249 e. The van der Waals surface area contributed by atoms with Crippen LogP contribution in [0.2, 0.25) is 0 Å². The third-order valence-electron chi connectivity index (χ3n) is 2.94. The first-order chi connectivity index (χ1) is 10.2. The van der Waals surface area contributed by atoms with E-state index in [1.807, 2.05) is 30.3 Å². The summed E-state index contributed by atoms with van der Waals surface area (Å²) < 4.78 is 5.08. The molecule has 2 rings (SSSR count). The zero-order chi connectivity index (χ0) is 15.1. The molecule has 1 aromatic carbocycles. The molecule has 0 aliphatic carbocycles. The Morgan fingerprint density at radius 1 is 1.38 bits per heavy atom. The molecule has 0 fully saturated rings. The van der Waals surface area contributed by atoms with E-state index in [-0.39, 0.29) is 5.91 Å². The third-order valence-corrected chi connectivity index (χ3v) is 2.94. The van der Waals surface area contributed by atoms with Crippen LogP contribution in [0.3, 0.4) is 0 Å². The van der Waals surface area contributed by atoms with Gasteiger partial charge in [-0.25, -0.2) is 0 Å². The summed E-state index contributed by atoms with van der Waals surface area (Å²) in [6, 6.07) is 9.32. The number of nitrogens with zero attached hydrogens (tertiary/aromatic N) is 1. The SMILES string of the molecule is CCCc1cc(NC(=O)/C=C/c2ccc(OC)cc2)n[nH]1. The lowest BCUT2D eigenvalue weighted by molar-refractivity contribution is -0.111. The van der Waals surface area contributed by atoms with Crippen LogP contribution in [0.4, 0.5) is 5.82 Å². The number of aryl methyl sites for hydroxylation is 1. The molecule has 0 aliphatic rings. The zero-order valence-electron chi connectivity index (χ0n) is 12.2. The van der Waals surface area contributed by atoms with Gasteiger partial charge in [0.25, 0.3) is 0 Å². The zero-order valence-corrected chi connectivity index (χ0v) is 12.2. The minimum atomic E-state index is -0.208. The number of anilines is 1. The lowest BCUT2D eigenvalue weighted by Crippen LogP contribution is -2.07. The Balaban J connectivity index is 1.91. The topological polar surface area (TPSA) is 67.0 Å². The van der Waals surface area contributed by atoms with E-state index in [0.29, 0.717) is 5.82 Å². The molecule has 1 heterocycles. The van der Waals surface area contributed by atoms with Crippen LogP contribution < -0.4 is 10.1 Å². The largest absolute Gasteiger partial charge is 0.497 e. The molecule has 0 bridgehead atoms. The number of rotatable bonds is 6. The van der Waals surface area contributed by atoms with Gasteiger partial charge in [0.2, 0.25) is 5.91 Å². The second-order valence-corrected chi connectivity index (χ2v) is 4.62. The molecule has 1 aromatic heterocycles. The van der Waals surface area contributed by atoms with Gasteiger partial charge < -0.3 is 10.1 Å². The number of hydrogen-bond acceptors (Lipinski definition) is 3. The van der Waals surface area contributed by atoms with Crippen molar-refractivity contribution >= 4 is 17.8 Å². The van der Waals surface area contributed by atoms with Crippen molar-refractivity contribution in [1.82, 2.24) is 10.2 Å². The maximum atomic E-state index is 11.8. The van der Waals surface area contributed by atoms with Crippen molar-refractivity contribution in [1.29, 1.82) is 0 Å². The first-order valence-corrected chi connectivity index (χ1v) is 6.88. The standard InChI is InChI=1S/C16H19N3O2/c1-3-4-13-11-15(19-18-13)17-16(20)10-7-12-5-8-14(21-2)9-6-12/h5-11H,3-4H2,1-2H3,(H2,17,18,19,20)/b10-7+. The van der Waals surface area contributed by atoms with Crippen LogP contribution in [0, 0.1) is 0 Å². The van der Waals surface area contributed by atoms with Crippen molar-refractivity contribution < 1.29 is 9.53 Å². The molecule has 5 nitrogen and oxygen atoms in total. The number of hydrogen-bond donors (Lipinski definition) is 2. The second kappa shape index (κ2) is 7.28. The average Bonchev–Trinajstić information content (AvgIpc) is 2.93. The van der Waals surface area contributed by atoms with Gasteiger partial charge in [0.15, 0.2) is 5.82 Å². The molecule has 0 saturated heterocycles. The van der Waals surface area contributed by atoms with Crippen molar-refractivity contribution in [2.24, 2.45) is 0 Å². The molecule has 2 N–H and O–H groups in total. The van der Waals surface area contributed by atoms with Crippen LogP contribution >= 0.6 is 0 Å². The third kappa shape index (κ3) is 4.49. The van der Waals surface area contributed by atoms with Crippen LogP contribution in [0.5, 0.6) is 5.75 Å². The van der Waals surface area contributed by atoms with E-state index in [0.717, 1.165) is 29.8 Å². The van der Waals surface area contributed by atoms with Gasteiger partial charge in [-0.05, 0) is 30.2 Å². The van der Waals surface area contributed by atoms with E-state index in [1.165, 1.54) is 6.08 Å². The highest BCUT2D eigenvalue weighted by Gasteiger charge is 2.02. The number of nitrogens with one attached hydrogen (secondary N) is 2. The van der Waals surface area contributed by atoms with Crippen LogP contribution in [-0.2, 0) is 11.2 Å². The highest BCUT2D eigenvalue weighted by molar-refractivity contribution is 6.01. The van der Waals surface area contributed by atoms with Gasteiger partial charge in [0.05, 0.1) is 7.11 Å². The fourth-order valence-corrected chi connectivity index (χ4v) is 1.88. The summed E-state index contributed by atoms with van der Waals surface area (Å²) in [5, 5.41) is 9.66. The van der Waals surface area contributed by atoms with Crippen LogP contribution in [0.15, 0.2) is 36.4 Å². The Labute approximate surface area is 124 Å². The predicted octanol–water partition coefficient (Wildman–Crippen LogP) is 3.02. The van der Waals surface area contributed by atoms with Gasteiger partial charge in [0.1, 0.15) is 5.75 Å². The molecule has 0 saturated carbocycles. The fraction of sp³-hybridized carbons (Fsp3) is 0.250. The fourth-order valence-electron chi connectivity index (χ4n) is 1.88. The first kappa shape index (κ1) is 14.8. The molecule has 0 atom stereocenters. The normalized spacial score (nSPS) is 10.8. The predicted molar refractivity (Wildman–Crippen MR) is 83.2 cm³/mol. The Hall–Kier alpha value is -2.56. The molecule has 0 spiro atoms. The minimum absolute atomic E-state index is 0.208. The number of H-pyrrole nitrogens is 1. The molecule has 21 heavy (non-hydrogen) atoms. The molecule has 1 amide bonds. The molecular weight excluding hydrogens is 266 g/mol. The summed E-state index contributed by atoms with van der Waals surface area (Å²) in [5.41, 5.74) is 1.95.